The van der Waals surface area contributed by atoms with E-state index in [2.05, 4.69) is 4.99 Å². The number of hydrogen-bond donors (Lipinski definition) is 0. The number of esters is 1. The van der Waals surface area contributed by atoms with E-state index in [0.717, 1.165) is 0 Å². The third-order valence-electron chi connectivity index (χ3n) is 5.11. The van der Waals surface area contributed by atoms with E-state index >= 15 is 0 Å². The van der Waals surface area contributed by atoms with Gasteiger partial charge in [-0.05, 0) is 65.9 Å². The monoisotopic (exact) mass is 510 g/mol. The second kappa shape index (κ2) is 10.8. The highest BCUT2D eigenvalue weighted by Crippen LogP contribution is 2.34. The Labute approximate surface area is 211 Å². The third-order valence-corrected chi connectivity index (χ3v) is 6.47. The molecular weight excluding hydrogens is 491 g/mol. The lowest BCUT2D eigenvalue weighted by molar-refractivity contribution is -0.121. The maximum atomic E-state index is 13.8. The van der Waals surface area contributed by atoms with Gasteiger partial charge in [-0.2, -0.15) is 0 Å². The lowest BCUT2D eigenvalue weighted by Gasteiger charge is -2.09. The quantitative estimate of drug-likeness (QED) is 0.297. The standard InChI is InChI=1S/C26H20ClFN2O4S/c1-30-24(31)23(35-26(30)29-19-10-8-17(9-11-19)25(32)33-2)14-16-7-12-22(20(27)13-16)34-15-18-5-3-4-6-21(18)28/h3-14H,15H2,1-2H3. The van der Waals surface area contributed by atoms with E-state index in [1.807, 2.05) is 0 Å². The molecule has 0 bridgehead atoms. The number of benzene rings is 3. The molecule has 6 nitrogen and oxygen atoms in total. The molecule has 0 unspecified atom stereocenters. The summed E-state index contributed by atoms with van der Waals surface area (Å²) in [6.07, 6.45) is 1.72. The number of halogens is 2. The molecule has 0 atom stereocenters. The highest BCUT2D eigenvalue weighted by molar-refractivity contribution is 8.18. The Hall–Kier alpha value is -3.62. The molecular formula is C26H20ClFN2O4S. The fraction of sp³-hybridized carbons (Fsp3) is 0.115. The molecule has 0 aromatic heterocycles. The van der Waals surface area contributed by atoms with Gasteiger partial charge >= 0.3 is 5.97 Å². The minimum Gasteiger partial charge on any atom is -0.487 e. The summed E-state index contributed by atoms with van der Waals surface area (Å²) < 4.78 is 24.2. The minimum absolute atomic E-state index is 0.0480. The van der Waals surface area contributed by atoms with Crippen LogP contribution in [0.2, 0.25) is 5.02 Å². The van der Waals surface area contributed by atoms with Crippen molar-refractivity contribution in [1.29, 1.82) is 0 Å². The molecule has 178 valence electrons. The smallest absolute Gasteiger partial charge is 0.337 e. The summed E-state index contributed by atoms with van der Waals surface area (Å²) in [7, 11) is 2.96. The van der Waals surface area contributed by atoms with Gasteiger partial charge in [0.05, 0.1) is 28.3 Å². The normalized spacial score (nSPS) is 15.7. The van der Waals surface area contributed by atoms with E-state index in [9.17, 15) is 14.0 Å². The van der Waals surface area contributed by atoms with Crippen LogP contribution in [-0.2, 0) is 16.1 Å². The van der Waals surface area contributed by atoms with E-state index < -0.39 is 5.97 Å². The first-order chi connectivity index (χ1) is 16.9. The Morgan fingerprint density at radius 3 is 2.57 bits per heavy atom. The number of amidine groups is 1. The van der Waals surface area contributed by atoms with Crippen LogP contribution in [0.1, 0.15) is 21.5 Å². The molecule has 0 spiro atoms. The van der Waals surface area contributed by atoms with Crippen molar-refractivity contribution in [3.05, 3.63) is 99.2 Å². The molecule has 35 heavy (non-hydrogen) atoms. The number of rotatable bonds is 6. The number of likely N-dealkylation sites (N-methyl/N-ethyl adjacent to an activating group) is 1. The zero-order valence-corrected chi connectivity index (χ0v) is 20.4. The number of carbonyl (C=O) groups is 2. The molecule has 0 aliphatic carbocycles. The molecule has 1 saturated heterocycles. The fourth-order valence-electron chi connectivity index (χ4n) is 3.20. The highest BCUT2D eigenvalue weighted by Gasteiger charge is 2.30. The summed E-state index contributed by atoms with van der Waals surface area (Å²) in [6, 6.07) is 18.1. The van der Waals surface area contributed by atoms with Gasteiger partial charge < -0.3 is 9.47 Å². The Kier molecular flexibility index (Phi) is 7.53. The predicted octanol–water partition coefficient (Wildman–Crippen LogP) is 6.08. The van der Waals surface area contributed by atoms with Gasteiger partial charge in [-0.1, -0.05) is 35.9 Å². The van der Waals surface area contributed by atoms with Gasteiger partial charge in [-0.15, -0.1) is 0 Å². The number of carbonyl (C=O) groups excluding carboxylic acids is 2. The minimum atomic E-state index is -0.431. The van der Waals surface area contributed by atoms with Crippen molar-refractivity contribution in [2.24, 2.45) is 4.99 Å². The van der Waals surface area contributed by atoms with E-state index in [-0.39, 0.29) is 18.3 Å². The molecule has 1 aliphatic rings. The van der Waals surface area contributed by atoms with Crippen LogP contribution in [-0.4, -0.2) is 36.1 Å². The van der Waals surface area contributed by atoms with Crippen LogP contribution in [0.25, 0.3) is 6.08 Å². The molecule has 1 heterocycles. The zero-order chi connectivity index (χ0) is 24.9. The Bertz CT molecular complexity index is 1340. The van der Waals surface area contributed by atoms with Crippen LogP contribution in [0.3, 0.4) is 0 Å². The van der Waals surface area contributed by atoms with Crippen molar-refractivity contribution in [2.45, 2.75) is 6.61 Å². The third kappa shape index (κ3) is 5.72. The summed E-state index contributed by atoms with van der Waals surface area (Å²) >= 11 is 7.59. The van der Waals surface area contributed by atoms with Crippen LogP contribution in [0.4, 0.5) is 10.1 Å². The zero-order valence-electron chi connectivity index (χ0n) is 18.8. The van der Waals surface area contributed by atoms with Gasteiger partial charge in [0, 0.05) is 12.6 Å². The molecule has 4 rings (SSSR count). The Morgan fingerprint density at radius 2 is 1.89 bits per heavy atom. The number of aliphatic imine (C=N–C) groups is 1. The highest BCUT2D eigenvalue weighted by atomic mass is 35.5. The molecule has 0 saturated carbocycles. The second-order valence-corrected chi connectivity index (χ2v) is 8.89. The van der Waals surface area contributed by atoms with Gasteiger partial charge in [0.15, 0.2) is 5.17 Å². The summed E-state index contributed by atoms with van der Waals surface area (Å²) in [5.41, 5.74) is 2.15. The average molecular weight is 511 g/mol. The average Bonchev–Trinajstić information content (AvgIpc) is 3.12. The van der Waals surface area contributed by atoms with Crippen LogP contribution >= 0.6 is 23.4 Å². The van der Waals surface area contributed by atoms with E-state index in [0.29, 0.717) is 43.2 Å². The fourth-order valence-corrected chi connectivity index (χ4v) is 4.43. The van der Waals surface area contributed by atoms with Crippen LogP contribution in [0.15, 0.2) is 76.6 Å². The lowest BCUT2D eigenvalue weighted by Crippen LogP contribution is -2.23. The molecule has 1 aliphatic heterocycles. The van der Waals surface area contributed by atoms with E-state index in [1.54, 1.807) is 73.8 Å². The first kappa shape index (κ1) is 24.5. The number of hydrogen-bond acceptors (Lipinski definition) is 6. The summed E-state index contributed by atoms with van der Waals surface area (Å²) in [5.74, 6) is -0.560. The summed E-state index contributed by atoms with van der Waals surface area (Å²) in [5, 5.41) is 0.849. The van der Waals surface area contributed by atoms with Crippen molar-refractivity contribution in [3.63, 3.8) is 0 Å². The maximum Gasteiger partial charge on any atom is 0.337 e. The number of ether oxygens (including phenoxy) is 2. The largest absolute Gasteiger partial charge is 0.487 e. The molecule has 3 aromatic carbocycles. The molecule has 0 N–H and O–H groups in total. The van der Waals surface area contributed by atoms with Crippen molar-refractivity contribution in [2.75, 3.05) is 14.2 Å². The predicted molar refractivity (Wildman–Crippen MR) is 135 cm³/mol. The van der Waals surface area contributed by atoms with Crippen LogP contribution < -0.4 is 4.74 Å². The van der Waals surface area contributed by atoms with E-state index in [4.69, 9.17) is 21.1 Å². The van der Waals surface area contributed by atoms with Crippen molar-refractivity contribution < 1.29 is 23.5 Å². The van der Waals surface area contributed by atoms with Crippen LogP contribution in [0, 0.1) is 5.82 Å². The lowest BCUT2D eigenvalue weighted by atomic mass is 10.2. The number of thioether (sulfide) groups is 1. The molecule has 1 amide bonds. The van der Waals surface area contributed by atoms with Crippen molar-refractivity contribution >= 4 is 52.2 Å². The summed E-state index contributed by atoms with van der Waals surface area (Å²) in [4.78, 5) is 30.8. The van der Waals surface area contributed by atoms with Crippen LogP contribution in [0.5, 0.6) is 5.75 Å². The molecule has 1 fully saturated rings. The SMILES string of the molecule is COC(=O)c1ccc(N=C2SC(=Cc3ccc(OCc4ccccc4F)c(Cl)c3)C(=O)N2C)cc1. The molecule has 3 aromatic rings. The Morgan fingerprint density at radius 1 is 1.14 bits per heavy atom. The second-order valence-electron chi connectivity index (χ2n) is 7.48. The Balaban J connectivity index is 1.48. The molecule has 0 radical (unpaired) electrons. The van der Waals surface area contributed by atoms with Crippen molar-refractivity contribution in [1.82, 2.24) is 4.90 Å². The number of nitrogens with zero attached hydrogens (tertiary/aromatic N) is 2. The molecule has 9 heteroatoms. The van der Waals surface area contributed by atoms with E-state index in [1.165, 1.54) is 29.8 Å². The van der Waals surface area contributed by atoms with Gasteiger partial charge in [-0.25, -0.2) is 14.2 Å². The first-order valence-electron chi connectivity index (χ1n) is 10.5. The number of amides is 1. The topological polar surface area (TPSA) is 68.2 Å². The van der Waals surface area contributed by atoms with Gasteiger partial charge in [0.2, 0.25) is 0 Å². The van der Waals surface area contributed by atoms with Gasteiger partial charge in [-0.3, -0.25) is 9.69 Å². The van der Waals surface area contributed by atoms with Gasteiger partial charge in [0.1, 0.15) is 18.2 Å². The van der Waals surface area contributed by atoms with Crippen molar-refractivity contribution in [3.8, 4) is 5.75 Å². The maximum absolute atomic E-state index is 13.8. The number of methoxy groups -OCH3 is 1. The summed E-state index contributed by atoms with van der Waals surface area (Å²) in [6.45, 7) is 0.0480. The first-order valence-corrected chi connectivity index (χ1v) is 11.7. The van der Waals surface area contributed by atoms with Gasteiger partial charge in [0.25, 0.3) is 5.91 Å².